The van der Waals surface area contributed by atoms with E-state index in [4.69, 9.17) is 4.74 Å². The van der Waals surface area contributed by atoms with E-state index in [1.54, 1.807) is 7.11 Å². The summed E-state index contributed by atoms with van der Waals surface area (Å²) in [6.45, 7) is 4.78. The molecule has 0 bridgehead atoms. The van der Waals surface area contributed by atoms with Gasteiger partial charge < -0.3 is 15.0 Å². The summed E-state index contributed by atoms with van der Waals surface area (Å²) in [6, 6.07) is 15.1. The second-order valence-corrected chi connectivity index (χ2v) is 8.87. The number of halogens is 3. The molecule has 1 unspecified atom stereocenters. The number of hydrogen-bond acceptors (Lipinski definition) is 3. The van der Waals surface area contributed by atoms with Crippen LogP contribution in [0.4, 0.5) is 5.69 Å². The molecule has 2 aromatic carbocycles. The third-order valence-corrected chi connectivity index (χ3v) is 6.87. The number of benzene rings is 2. The quantitative estimate of drug-likeness (QED) is 0.556. The molecule has 1 saturated heterocycles. The molecular formula is C23H31BrCl2N2O. The molecule has 0 saturated carbocycles. The Morgan fingerprint density at radius 3 is 2.59 bits per heavy atom. The van der Waals surface area contributed by atoms with Gasteiger partial charge in [0.1, 0.15) is 5.75 Å². The van der Waals surface area contributed by atoms with Crippen LogP contribution in [0.3, 0.4) is 0 Å². The number of hydrogen-bond donors (Lipinski definition) is 1. The second kappa shape index (κ2) is 11.5. The number of rotatable bonds is 5. The van der Waals surface area contributed by atoms with Gasteiger partial charge in [-0.15, -0.1) is 24.8 Å². The number of para-hydroxylation sites is 1. The molecule has 160 valence electrons. The van der Waals surface area contributed by atoms with Crippen LogP contribution in [-0.4, -0.2) is 38.2 Å². The van der Waals surface area contributed by atoms with Gasteiger partial charge >= 0.3 is 0 Å². The summed E-state index contributed by atoms with van der Waals surface area (Å²) in [4.78, 5) is 2.68. The van der Waals surface area contributed by atoms with Crippen LogP contribution >= 0.6 is 40.7 Å². The third kappa shape index (κ3) is 6.27. The normalized spacial score (nSPS) is 19.3. The van der Waals surface area contributed by atoms with E-state index in [1.165, 1.54) is 60.2 Å². The Bertz CT molecular complexity index is 781. The van der Waals surface area contributed by atoms with E-state index in [1.807, 2.05) is 6.07 Å². The largest absolute Gasteiger partial charge is 0.497 e. The maximum Gasteiger partial charge on any atom is 0.119 e. The summed E-state index contributed by atoms with van der Waals surface area (Å²) >= 11 is 3.70. The summed E-state index contributed by atoms with van der Waals surface area (Å²) < 4.78 is 6.60. The predicted molar refractivity (Wildman–Crippen MR) is 130 cm³/mol. The SMILES string of the molecule is COc1ccc(Br)c(CC2CCN(CC3CNc4ccccc4C3)CC2)c1.Cl.Cl. The minimum absolute atomic E-state index is 0. The Kier molecular flexibility index (Phi) is 9.61. The Balaban J connectivity index is 0.00000150. The van der Waals surface area contributed by atoms with Crippen molar-refractivity contribution in [2.24, 2.45) is 11.8 Å². The molecule has 1 atom stereocenters. The van der Waals surface area contributed by atoms with Crippen molar-refractivity contribution in [2.75, 3.05) is 38.6 Å². The zero-order chi connectivity index (χ0) is 18.6. The molecule has 0 radical (unpaired) electrons. The zero-order valence-electron chi connectivity index (χ0n) is 16.9. The van der Waals surface area contributed by atoms with Crippen molar-refractivity contribution in [2.45, 2.75) is 25.7 Å². The van der Waals surface area contributed by atoms with E-state index < -0.39 is 0 Å². The third-order valence-electron chi connectivity index (χ3n) is 6.09. The van der Waals surface area contributed by atoms with Crippen molar-refractivity contribution >= 4 is 46.4 Å². The summed E-state index contributed by atoms with van der Waals surface area (Å²) in [7, 11) is 1.74. The van der Waals surface area contributed by atoms with E-state index in [-0.39, 0.29) is 24.8 Å². The highest BCUT2D eigenvalue weighted by molar-refractivity contribution is 9.10. The van der Waals surface area contributed by atoms with E-state index in [2.05, 4.69) is 62.5 Å². The highest BCUT2D eigenvalue weighted by atomic mass is 79.9. The lowest BCUT2D eigenvalue weighted by Gasteiger charge is -2.36. The number of ether oxygens (including phenoxy) is 1. The number of fused-ring (bicyclic) bond motifs is 1. The number of piperidine rings is 1. The molecule has 2 aliphatic rings. The highest BCUT2D eigenvalue weighted by Crippen LogP contribution is 2.30. The second-order valence-electron chi connectivity index (χ2n) is 8.01. The molecule has 0 amide bonds. The summed E-state index contributed by atoms with van der Waals surface area (Å²) in [6.07, 6.45) is 4.94. The van der Waals surface area contributed by atoms with Gasteiger partial charge in [-0.05, 0) is 86.0 Å². The van der Waals surface area contributed by atoms with Crippen LogP contribution in [0.15, 0.2) is 46.9 Å². The topological polar surface area (TPSA) is 24.5 Å². The maximum absolute atomic E-state index is 5.39. The fourth-order valence-corrected chi connectivity index (χ4v) is 4.93. The van der Waals surface area contributed by atoms with Crippen LogP contribution in [0.5, 0.6) is 5.75 Å². The Hall–Kier alpha value is -0.940. The van der Waals surface area contributed by atoms with Crippen molar-refractivity contribution < 1.29 is 4.74 Å². The average Bonchev–Trinajstić information content (AvgIpc) is 2.71. The van der Waals surface area contributed by atoms with Gasteiger partial charge in [0.25, 0.3) is 0 Å². The van der Waals surface area contributed by atoms with E-state index >= 15 is 0 Å². The van der Waals surface area contributed by atoms with Gasteiger partial charge in [-0.1, -0.05) is 34.1 Å². The zero-order valence-corrected chi connectivity index (χ0v) is 20.1. The first-order valence-corrected chi connectivity index (χ1v) is 10.9. The molecule has 1 fully saturated rings. The van der Waals surface area contributed by atoms with Crippen LogP contribution in [0.25, 0.3) is 0 Å². The van der Waals surface area contributed by atoms with Gasteiger partial charge in [-0.3, -0.25) is 0 Å². The first-order valence-electron chi connectivity index (χ1n) is 10.1. The van der Waals surface area contributed by atoms with Gasteiger partial charge in [-0.2, -0.15) is 0 Å². The minimum Gasteiger partial charge on any atom is -0.497 e. The molecule has 0 aliphatic carbocycles. The van der Waals surface area contributed by atoms with Crippen molar-refractivity contribution in [1.29, 1.82) is 0 Å². The lowest BCUT2D eigenvalue weighted by molar-refractivity contribution is 0.161. The summed E-state index contributed by atoms with van der Waals surface area (Å²) in [5.74, 6) is 2.45. The van der Waals surface area contributed by atoms with Gasteiger partial charge in [0, 0.05) is 23.2 Å². The molecule has 0 aromatic heterocycles. The number of anilines is 1. The summed E-state index contributed by atoms with van der Waals surface area (Å²) in [5.41, 5.74) is 4.18. The van der Waals surface area contributed by atoms with Gasteiger partial charge in [0.05, 0.1) is 7.11 Å². The fraction of sp³-hybridized carbons (Fsp3) is 0.478. The molecule has 29 heavy (non-hydrogen) atoms. The van der Waals surface area contributed by atoms with Crippen molar-refractivity contribution in [3.05, 3.63) is 58.1 Å². The monoisotopic (exact) mass is 500 g/mol. The van der Waals surface area contributed by atoms with E-state index in [9.17, 15) is 0 Å². The lowest BCUT2D eigenvalue weighted by Crippen LogP contribution is -2.40. The molecule has 4 rings (SSSR count). The number of nitrogens with one attached hydrogen (secondary N) is 1. The van der Waals surface area contributed by atoms with Crippen LogP contribution in [0.2, 0.25) is 0 Å². The number of likely N-dealkylation sites (tertiary alicyclic amines) is 1. The van der Waals surface area contributed by atoms with Gasteiger partial charge in [0.2, 0.25) is 0 Å². The fourth-order valence-electron chi connectivity index (χ4n) is 4.52. The van der Waals surface area contributed by atoms with Crippen LogP contribution in [0.1, 0.15) is 24.0 Å². The van der Waals surface area contributed by atoms with E-state index in [0.717, 1.165) is 30.6 Å². The lowest BCUT2D eigenvalue weighted by atomic mass is 9.88. The molecule has 1 N–H and O–H groups in total. The van der Waals surface area contributed by atoms with Gasteiger partial charge in [-0.25, -0.2) is 0 Å². The summed E-state index contributed by atoms with van der Waals surface area (Å²) in [5, 5.41) is 3.62. The van der Waals surface area contributed by atoms with Crippen LogP contribution in [0, 0.1) is 11.8 Å². The predicted octanol–water partition coefficient (Wildman–Crippen LogP) is 5.84. The first-order chi connectivity index (χ1) is 13.2. The first kappa shape index (κ1) is 24.3. The van der Waals surface area contributed by atoms with Crippen molar-refractivity contribution in [3.8, 4) is 5.75 Å². The molecule has 2 aliphatic heterocycles. The molecule has 0 spiro atoms. The maximum atomic E-state index is 5.39. The Morgan fingerprint density at radius 2 is 1.83 bits per heavy atom. The van der Waals surface area contributed by atoms with Crippen LogP contribution in [-0.2, 0) is 12.8 Å². The Morgan fingerprint density at radius 1 is 1.07 bits per heavy atom. The molecule has 2 aromatic rings. The minimum atomic E-state index is 0. The van der Waals surface area contributed by atoms with E-state index in [0.29, 0.717) is 0 Å². The molecule has 6 heteroatoms. The Labute approximate surface area is 195 Å². The standard InChI is InChI=1S/C23H29BrN2O.2ClH/c1-27-21-6-7-22(24)20(14-21)12-17-8-10-26(11-9-17)16-18-13-19-4-2-3-5-23(19)25-15-18;;/h2-7,14,17-18,25H,8-13,15-16H2,1H3;2*1H. The smallest absolute Gasteiger partial charge is 0.119 e. The van der Waals surface area contributed by atoms with Crippen molar-refractivity contribution in [3.63, 3.8) is 0 Å². The molecule has 3 nitrogen and oxygen atoms in total. The highest BCUT2D eigenvalue weighted by Gasteiger charge is 2.24. The van der Waals surface area contributed by atoms with Crippen molar-refractivity contribution in [1.82, 2.24) is 4.90 Å². The number of nitrogens with zero attached hydrogens (tertiary/aromatic N) is 1. The average molecular weight is 502 g/mol. The van der Waals surface area contributed by atoms with Crippen LogP contribution < -0.4 is 10.1 Å². The number of methoxy groups -OCH3 is 1. The van der Waals surface area contributed by atoms with Gasteiger partial charge in [0.15, 0.2) is 0 Å². The molecule has 2 heterocycles. The molecular weight excluding hydrogens is 471 g/mol.